The van der Waals surface area contributed by atoms with Gasteiger partial charge in [0.2, 0.25) is 0 Å². The zero-order valence-corrected chi connectivity index (χ0v) is 10.6. The van der Waals surface area contributed by atoms with Gasteiger partial charge in [0, 0.05) is 6.54 Å². The van der Waals surface area contributed by atoms with Crippen molar-refractivity contribution in [1.29, 1.82) is 0 Å². The first-order chi connectivity index (χ1) is 7.74. The van der Waals surface area contributed by atoms with Gasteiger partial charge in [-0.25, -0.2) is 0 Å². The summed E-state index contributed by atoms with van der Waals surface area (Å²) in [7, 11) is 1.53. The van der Waals surface area contributed by atoms with Crippen LogP contribution >= 0.6 is 15.9 Å². The van der Waals surface area contributed by atoms with Gasteiger partial charge >= 0.3 is 0 Å². The molecule has 1 aliphatic heterocycles. The number of phenolic OH excluding ortho intramolecular Hbond substituents is 1. The summed E-state index contributed by atoms with van der Waals surface area (Å²) in [4.78, 5) is 0. The zero-order valence-electron chi connectivity index (χ0n) is 9.00. The second-order valence-corrected chi connectivity index (χ2v) is 4.39. The van der Waals surface area contributed by atoms with E-state index in [1.54, 1.807) is 6.07 Å². The summed E-state index contributed by atoms with van der Waals surface area (Å²) >= 11 is 3.38. The van der Waals surface area contributed by atoms with Crippen molar-refractivity contribution >= 4 is 15.9 Å². The first-order valence-electron chi connectivity index (χ1n) is 5.10. The molecule has 1 atom stereocenters. The number of ether oxygens (including phenoxy) is 2. The van der Waals surface area contributed by atoms with Crippen molar-refractivity contribution in [3.63, 3.8) is 0 Å². The Kier molecular flexibility index (Phi) is 3.68. The van der Waals surface area contributed by atoms with Gasteiger partial charge in [-0.2, -0.15) is 0 Å². The van der Waals surface area contributed by atoms with Crippen LogP contribution in [0.3, 0.4) is 0 Å². The van der Waals surface area contributed by atoms with Gasteiger partial charge in [-0.3, -0.25) is 0 Å². The third kappa shape index (κ3) is 2.16. The number of nitrogens with one attached hydrogen (secondary N) is 1. The van der Waals surface area contributed by atoms with Gasteiger partial charge in [0.15, 0.2) is 11.5 Å². The number of rotatable bonds is 2. The Balaban J connectivity index is 2.30. The second kappa shape index (κ2) is 5.03. The summed E-state index contributed by atoms with van der Waals surface area (Å²) in [6.07, 6.45) is 0. The van der Waals surface area contributed by atoms with Crippen molar-refractivity contribution in [2.75, 3.05) is 26.9 Å². The van der Waals surface area contributed by atoms with Gasteiger partial charge in [-0.15, -0.1) is 0 Å². The largest absolute Gasteiger partial charge is 0.503 e. The molecule has 1 saturated heterocycles. The lowest BCUT2D eigenvalue weighted by Gasteiger charge is -2.25. The number of aromatic hydroxyl groups is 1. The minimum absolute atomic E-state index is 0.111. The van der Waals surface area contributed by atoms with Crippen molar-refractivity contribution in [3.8, 4) is 11.5 Å². The summed E-state index contributed by atoms with van der Waals surface area (Å²) in [5.74, 6) is 0.597. The van der Waals surface area contributed by atoms with Gasteiger partial charge < -0.3 is 19.9 Å². The lowest BCUT2D eigenvalue weighted by molar-refractivity contribution is 0.0766. The number of halogens is 1. The first kappa shape index (κ1) is 11.7. The van der Waals surface area contributed by atoms with Crippen LogP contribution in [0.25, 0.3) is 0 Å². The molecule has 0 radical (unpaired) electrons. The molecule has 2 N–H and O–H groups in total. The molecular weight excluding hydrogens is 274 g/mol. The number of benzene rings is 1. The highest BCUT2D eigenvalue weighted by Crippen LogP contribution is 2.39. The van der Waals surface area contributed by atoms with E-state index in [1.165, 1.54) is 7.11 Å². The maximum atomic E-state index is 9.87. The van der Waals surface area contributed by atoms with E-state index in [0.29, 0.717) is 16.8 Å². The average Bonchev–Trinajstić information content (AvgIpc) is 2.34. The molecule has 1 aromatic rings. The Hall–Kier alpha value is -0.780. The quantitative estimate of drug-likeness (QED) is 0.871. The van der Waals surface area contributed by atoms with E-state index in [0.717, 1.165) is 18.7 Å². The maximum absolute atomic E-state index is 9.87. The van der Waals surface area contributed by atoms with Crippen molar-refractivity contribution in [2.24, 2.45) is 0 Å². The number of phenols is 1. The van der Waals surface area contributed by atoms with Crippen molar-refractivity contribution in [1.82, 2.24) is 5.32 Å². The van der Waals surface area contributed by atoms with Crippen molar-refractivity contribution in [3.05, 3.63) is 22.2 Å². The van der Waals surface area contributed by atoms with Crippen LogP contribution in [0.2, 0.25) is 0 Å². The van der Waals surface area contributed by atoms with E-state index in [-0.39, 0.29) is 11.8 Å². The summed E-state index contributed by atoms with van der Waals surface area (Å²) < 4.78 is 11.1. The maximum Gasteiger partial charge on any atom is 0.172 e. The van der Waals surface area contributed by atoms with Gasteiger partial charge in [-0.05, 0) is 27.6 Å². The SMILES string of the molecule is COc1ccc(C2COCCN2)c(Br)c1O. The molecule has 0 aliphatic carbocycles. The molecule has 0 aromatic heterocycles. The third-order valence-corrected chi connectivity index (χ3v) is 3.46. The average molecular weight is 288 g/mol. The summed E-state index contributed by atoms with van der Waals surface area (Å²) in [5.41, 5.74) is 0.984. The number of methoxy groups -OCH3 is 1. The summed E-state index contributed by atoms with van der Waals surface area (Å²) in [6.45, 7) is 2.17. The number of hydrogen-bond acceptors (Lipinski definition) is 4. The van der Waals surface area contributed by atoms with Crippen LogP contribution in [0.15, 0.2) is 16.6 Å². The van der Waals surface area contributed by atoms with Crippen LogP contribution in [0.1, 0.15) is 11.6 Å². The van der Waals surface area contributed by atoms with E-state index in [1.807, 2.05) is 6.07 Å². The highest BCUT2D eigenvalue weighted by Gasteiger charge is 2.20. The van der Waals surface area contributed by atoms with Gasteiger partial charge in [0.25, 0.3) is 0 Å². The van der Waals surface area contributed by atoms with Crippen LogP contribution in [-0.2, 0) is 4.74 Å². The molecule has 0 spiro atoms. The second-order valence-electron chi connectivity index (χ2n) is 3.60. The van der Waals surface area contributed by atoms with Crippen LogP contribution in [-0.4, -0.2) is 32.0 Å². The molecule has 0 bridgehead atoms. The van der Waals surface area contributed by atoms with Crippen molar-refractivity contribution < 1.29 is 14.6 Å². The molecular formula is C11H14BrNO3. The van der Waals surface area contributed by atoms with Crippen molar-refractivity contribution in [2.45, 2.75) is 6.04 Å². The predicted octanol–water partition coefficient (Wildman–Crippen LogP) is 1.82. The van der Waals surface area contributed by atoms with E-state index in [4.69, 9.17) is 9.47 Å². The fourth-order valence-corrected chi connectivity index (χ4v) is 2.37. The topological polar surface area (TPSA) is 50.7 Å². The Labute approximate surface area is 103 Å². The zero-order chi connectivity index (χ0) is 11.5. The lowest BCUT2D eigenvalue weighted by atomic mass is 10.1. The molecule has 1 aromatic carbocycles. The van der Waals surface area contributed by atoms with Crippen LogP contribution < -0.4 is 10.1 Å². The molecule has 4 nitrogen and oxygen atoms in total. The Morgan fingerprint density at radius 1 is 1.56 bits per heavy atom. The molecule has 0 saturated carbocycles. The standard InChI is InChI=1S/C11H14BrNO3/c1-15-9-3-2-7(10(12)11(9)14)8-6-16-5-4-13-8/h2-3,8,13-14H,4-6H2,1H3. The third-order valence-electron chi connectivity index (χ3n) is 2.63. The first-order valence-corrected chi connectivity index (χ1v) is 5.90. The molecule has 2 rings (SSSR count). The molecule has 0 amide bonds. The highest BCUT2D eigenvalue weighted by molar-refractivity contribution is 9.10. The Bertz CT molecular complexity index is 378. The van der Waals surface area contributed by atoms with E-state index >= 15 is 0 Å². The molecule has 1 fully saturated rings. The molecule has 5 heteroatoms. The van der Waals surface area contributed by atoms with Crippen LogP contribution in [0.5, 0.6) is 11.5 Å². The minimum atomic E-state index is 0.111. The van der Waals surface area contributed by atoms with E-state index in [9.17, 15) is 5.11 Å². The van der Waals surface area contributed by atoms with Gasteiger partial charge in [0.1, 0.15) is 0 Å². The molecule has 1 heterocycles. The molecule has 88 valence electrons. The molecule has 1 unspecified atom stereocenters. The fourth-order valence-electron chi connectivity index (χ4n) is 1.76. The monoisotopic (exact) mass is 287 g/mol. The predicted molar refractivity (Wildman–Crippen MR) is 63.9 cm³/mol. The van der Waals surface area contributed by atoms with Crippen LogP contribution in [0, 0.1) is 0 Å². The smallest absolute Gasteiger partial charge is 0.172 e. The fraction of sp³-hybridized carbons (Fsp3) is 0.455. The van der Waals surface area contributed by atoms with E-state index in [2.05, 4.69) is 21.2 Å². The van der Waals surface area contributed by atoms with Gasteiger partial charge in [0.05, 0.1) is 30.8 Å². The summed E-state index contributed by atoms with van der Waals surface area (Å²) in [5, 5.41) is 13.2. The Morgan fingerprint density at radius 2 is 2.38 bits per heavy atom. The Morgan fingerprint density at radius 3 is 3.00 bits per heavy atom. The molecule has 1 aliphatic rings. The normalized spacial score (nSPS) is 20.8. The van der Waals surface area contributed by atoms with Gasteiger partial charge in [-0.1, -0.05) is 6.07 Å². The highest BCUT2D eigenvalue weighted by atomic mass is 79.9. The molecule has 16 heavy (non-hydrogen) atoms. The number of hydrogen-bond donors (Lipinski definition) is 2. The lowest BCUT2D eigenvalue weighted by Crippen LogP contribution is -2.34. The van der Waals surface area contributed by atoms with E-state index < -0.39 is 0 Å². The number of morpholine rings is 1. The minimum Gasteiger partial charge on any atom is -0.503 e. The summed E-state index contributed by atoms with van der Waals surface area (Å²) in [6, 6.07) is 3.79. The van der Waals surface area contributed by atoms with Crippen LogP contribution in [0.4, 0.5) is 0 Å².